The fraction of sp³-hybridized carbons (Fsp3) is 0.529. The van der Waals surface area contributed by atoms with E-state index in [1.165, 1.54) is 24.1 Å². The summed E-state index contributed by atoms with van der Waals surface area (Å²) in [7, 11) is -1.28. The third kappa shape index (κ3) is 9.60. The second-order valence-corrected chi connectivity index (χ2v) is 14.4. The summed E-state index contributed by atoms with van der Waals surface area (Å²) >= 11 is 1.53. The molecule has 1 atom stereocenters. The Hall–Kier alpha value is -2.78. The summed E-state index contributed by atoms with van der Waals surface area (Å²) in [6, 6.07) is 11.6. The van der Waals surface area contributed by atoms with E-state index < -0.39 is 16.8 Å². The number of hydrogen-bond donors (Lipinski definition) is 1. The minimum atomic E-state index is -1.28. The van der Waals surface area contributed by atoms with Crippen LogP contribution in [0.2, 0.25) is 0 Å². The number of fused-ring (bicyclic) bond motifs is 1. The number of ether oxygens (including phenoxy) is 2. The molecular weight excluding hydrogens is 581 g/mol. The van der Waals surface area contributed by atoms with E-state index in [1.54, 1.807) is 6.92 Å². The first-order valence-electron chi connectivity index (χ1n) is 15.3. The fourth-order valence-corrected chi connectivity index (χ4v) is 7.59. The van der Waals surface area contributed by atoms with E-state index in [4.69, 9.17) is 9.47 Å². The molecule has 0 saturated carbocycles. The fourth-order valence-electron chi connectivity index (χ4n) is 5.32. The van der Waals surface area contributed by atoms with E-state index in [0.29, 0.717) is 22.0 Å². The van der Waals surface area contributed by atoms with E-state index in [1.807, 2.05) is 63.4 Å². The van der Waals surface area contributed by atoms with Gasteiger partial charge in [0.15, 0.2) is 0 Å². The average molecular weight is 629 g/mol. The molecule has 0 bridgehead atoms. The van der Waals surface area contributed by atoms with Crippen molar-refractivity contribution in [3.05, 3.63) is 54.3 Å². The van der Waals surface area contributed by atoms with Crippen LogP contribution in [0.3, 0.4) is 0 Å². The standard InChI is InChI=1S/C34H48N2O5S2/c1-8-11-18-34(19-12-9-2)23-36(26-15-13-25(14-16-26)32(38)35-33(4,5)6)27-21-29(42-7)28(22-30(27)43(39)24-34)41-20-17-31(37)40-10-3/h13-17,20-22H,8-12,18-19,23-24H2,1-7H3,(H,35,38)/b20-17+. The van der Waals surface area contributed by atoms with Gasteiger partial charge in [0.05, 0.1) is 45.2 Å². The predicted octanol–water partition coefficient (Wildman–Crippen LogP) is 8.02. The summed E-state index contributed by atoms with van der Waals surface area (Å²) < 4.78 is 25.1. The Morgan fingerprint density at radius 1 is 1.07 bits per heavy atom. The average Bonchev–Trinajstić information content (AvgIpc) is 3.08. The molecule has 43 heavy (non-hydrogen) atoms. The molecule has 0 fully saturated rings. The van der Waals surface area contributed by atoms with E-state index in [0.717, 1.165) is 61.3 Å². The molecule has 1 N–H and O–H groups in total. The number of unbranched alkanes of at least 4 members (excludes halogenated alkanes) is 2. The minimum absolute atomic E-state index is 0.112. The maximum absolute atomic E-state index is 14.2. The van der Waals surface area contributed by atoms with Gasteiger partial charge < -0.3 is 19.7 Å². The van der Waals surface area contributed by atoms with Crippen LogP contribution < -0.4 is 15.0 Å². The van der Waals surface area contributed by atoms with Crippen molar-refractivity contribution in [2.24, 2.45) is 5.41 Å². The third-order valence-corrected chi connectivity index (χ3v) is 9.90. The zero-order valence-electron chi connectivity index (χ0n) is 26.8. The first-order chi connectivity index (χ1) is 20.5. The number of esters is 1. The minimum Gasteiger partial charge on any atom is -0.464 e. The van der Waals surface area contributed by atoms with Gasteiger partial charge in [0.2, 0.25) is 0 Å². The molecule has 0 aliphatic carbocycles. The van der Waals surface area contributed by atoms with Crippen molar-refractivity contribution in [1.82, 2.24) is 5.32 Å². The van der Waals surface area contributed by atoms with Crippen LogP contribution in [0.15, 0.2) is 58.5 Å². The molecule has 0 aromatic heterocycles. The van der Waals surface area contributed by atoms with E-state index in [2.05, 4.69) is 24.1 Å². The van der Waals surface area contributed by atoms with Crippen molar-refractivity contribution < 1.29 is 23.3 Å². The Morgan fingerprint density at radius 2 is 1.72 bits per heavy atom. The van der Waals surface area contributed by atoms with Crippen molar-refractivity contribution in [2.45, 2.75) is 95.4 Å². The van der Waals surface area contributed by atoms with Crippen LogP contribution in [0.25, 0.3) is 0 Å². The smallest absolute Gasteiger partial charge is 0.333 e. The molecule has 0 radical (unpaired) electrons. The molecule has 1 heterocycles. The van der Waals surface area contributed by atoms with Gasteiger partial charge in [-0.15, -0.1) is 11.8 Å². The first-order valence-corrected chi connectivity index (χ1v) is 17.8. The molecule has 9 heteroatoms. The maximum Gasteiger partial charge on any atom is 0.333 e. The van der Waals surface area contributed by atoms with Gasteiger partial charge in [-0.2, -0.15) is 0 Å². The van der Waals surface area contributed by atoms with Crippen LogP contribution in [0.5, 0.6) is 5.75 Å². The molecule has 7 nitrogen and oxygen atoms in total. The van der Waals surface area contributed by atoms with Gasteiger partial charge in [-0.1, -0.05) is 39.5 Å². The molecule has 1 unspecified atom stereocenters. The van der Waals surface area contributed by atoms with Gasteiger partial charge in [0.25, 0.3) is 5.91 Å². The number of rotatable bonds is 13. The lowest BCUT2D eigenvalue weighted by molar-refractivity contribution is -0.137. The van der Waals surface area contributed by atoms with Gasteiger partial charge in [-0.05, 0) is 77.1 Å². The Bertz CT molecular complexity index is 1290. The number of thioether (sulfide) groups is 1. The molecule has 0 saturated heterocycles. The van der Waals surface area contributed by atoms with Crippen molar-refractivity contribution >= 4 is 45.8 Å². The molecule has 2 aromatic carbocycles. The molecular formula is C34H48N2O5S2. The Kier molecular flexibility index (Phi) is 12.8. The van der Waals surface area contributed by atoms with Crippen LogP contribution in [0.1, 0.15) is 90.4 Å². The molecule has 2 aromatic rings. The zero-order chi connectivity index (χ0) is 31.6. The highest BCUT2D eigenvalue weighted by Gasteiger charge is 2.39. The van der Waals surface area contributed by atoms with E-state index >= 15 is 0 Å². The number of nitrogens with one attached hydrogen (secondary N) is 1. The molecule has 236 valence electrons. The molecule has 3 rings (SSSR count). The van der Waals surface area contributed by atoms with Crippen molar-refractivity contribution in [2.75, 3.05) is 30.1 Å². The topological polar surface area (TPSA) is 84.9 Å². The van der Waals surface area contributed by atoms with E-state index in [-0.39, 0.29) is 23.5 Å². The highest BCUT2D eigenvalue weighted by molar-refractivity contribution is 7.98. The quantitative estimate of drug-likeness (QED) is 0.104. The molecule has 0 spiro atoms. The number of anilines is 2. The SMILES string of the molecule is CCCCC1(CCCC)CN(c2ccc(C(=O)NC(C)(C)C)cc2)c2cc(SC)c(O/C=C/C(=O)OCC)cc2S(=O)C1. The summed E-state index contributed by atoms with van der Waals surface area (Å²) in [6.07, 6.45) is 10.8. The highest BCUT2D eigenvalue weighted by Crippen LogP contribution is 2.46. The van der Waals surface area contributed by atoms with Crippen LogP contribution in [0, 0.1) is 5.41 Å². The van der Waals surface area contributed by atoms with Crippen LogP contribution in [0.4, 0.5) is 11.4 Å². The van der Waals surface area contributed by atoms with Gasteiger partial charge in [0.1, 0.15) is 5.75 Å². The second kappa shape index (κ2) is 15.8. The second-order valence-electron chi connectivity index (χ2n) is 12.2. The van der Waals surface area contributed by atoms with Crippen LogP contribution >= 0.6 is 11.8 Å². The number of nitrogens with zero attached hydrogens (tertiary/aromatic N) is 1. The Balaban J connectivity index is 2.12. The summed E-state index contributed by atoms with van der Waals surface area (Å²) in [5, 5.41) is 3.03. The van der Waals surface area contributed by atoms with E-state index in [9.17, 15) is 13.8 Å². The van der Waals surface area contributed by atoms with Crippen LogP contribution in [-0.4, -0.2) is 46.8 Å². The lowest BCUT2D eigenvalue weighted by atomic mass is 9.79. The third-order valence-electron chi connectivity index (χ3n) is 7.45. The van der Waals surface area contributed by atoms with Gasteiger partial charge >= 0.3 is 5.97 Å². The number of carbonyl (C=O) groups excluding carboxylic acids is 2. The summed E-state index contributed by atoms with van der Waals surface area (Å²) in [6.45, 7) is 13.1. The highest BCUT2D eigenvalue weighted by atomic mass is 32.2. The lowest BCUT2D eigenvalue weighted by Gasteiger charge is -2.37. The maximum atomic E-state index is 14.2. The lowest BCUT2D eigenvalue weighted by Crippen LogP contribution is -2.40. The van der Waals surface area contributed by atoms with Crippen molar-refractivity contribution in [1.29, 1.82) is 0 Å². The predicted molar refractivity (Wildman–Crippen MR) is 178 cm³/mol. The monoisotopic (exact) mass is 628 g/mol. The first kappa shape index (κ1) is 34.7. The van der Waals surface area contributed by atoms with Gasteiger partial charge in [-0.3, -0.25) is 9.00 Å². The Morgan fingerprint density at radius 3 is 2.28 bits per heavy atom. The number of hydrogen-bond acceptors (Lipinski definition) is 7. The molecule has 1 amide bonds. The Labute approximate surface area is 264 Å². The molecule has 1 aliphatic rings. The van der Waals surface area contributed by atoms with Crippen molar-refractivity contribution in [3.8, 4) is 5.75 Å². The summed E-state index contributed by atoms with van der Waals surface area (Å²) in [5.74, 6) is 0.524. The van der Waals surface area contributed by atoms with Crippen molar-refractivity contribution in [3.63, 3.8) is 0 Å². The van der Waals surface area contributed by atoms with Gasteiger partial charge in [-0.25, -0.2) is 4.79 Å². The number of benzene rings is 2. The zero-order valence-corrected chi connectivity index (χ0v) is 28.4. The van der Waals surface area contributed by atoms with Gasteiger partial charge in [0, 0.05) is 40.6 Å². The number of carbonyl (C=O) groups is 2. The summed E-state index contributed by atoms with van der Waals surface area (Å²) in [5.41, 5.74) is 1.96. The van der Waals surface area contributed by atoms with Crippen LogP contribution in [-0.2, 0) is 20.3 Å². The molecule has 1 aliphatic heterocycles. The normalized spacial score (nSPS) is 16.4. The largest absolute Gasteiger partial charge is 0.464 e. The number of amides is 1. The summed E-state index contributed by atoms with van der Waals surface area (Å²) in [4.78, 5) is 28.5.